The highest BCUT2D eigenvalue weighted by Crippen LogP contribution is 2.34. The van der Waals surface area contributed by atoms with E-state index in [-0.39, 0.29) is 0 Å². The maximum Gasteiger partial charge on any atom is 0.131 e. The van der Waals surface area contributed by atoms with Gasteiger partial charge in [0.1, 0.15) is 5.82 Å². The highest BCUT2D eigenvalue weighted by Gasteiger charge is 2.26. The number of likely N-dealkylation sites (tertiary alicyclic amines) is 1. The lowest BCUT2D eigenvalue weighted by Gasteiger charge is -2.39. The first-order valence-electron chi connectivity index (χ1n) is 9.14. The van der Waals surface area contributed by atoms with Crippen molar-refractivity contribution in [3.63, 3.8) is 0 Å². The largest absolute Gasteiger partial charge is 0.356 e. The monoisotopic (exact) mass is 301 g/mol. The predicted molar refractivity (Wildman–Crippen MR) is 93.5 cm³/mol. The smallest absolute Gasteiger partial charge is 0.131 e. The molecule has 22 heavy (non-hydrogen) atoms. The molecule has 0 saturated carbocycles. The Morgan fingerprint density at radius 2 is 1.77 bits per heavy atom. The Morgan fingerprint density at radius 1 is 1.05 bits per heavy atom. The van der Waals surface area contributed by atoms with E-state index in [0.717, 1.165) is 0 Å². The average molecular weight is 301 g/mol. The second-order valence-corrected chi connectivity index (χ2v) is 7.30. The Balaban J connectivity index is 1.81. The fourth-order valence-electron chi connectivity index (χ4n) is 4.14. The Hall–Kier alpha value is -1.09. The fourth-order valence-corrected chi connectivity index (χ4v) is 4.14. The minimum Gasteiger partial charge on any atom is -0.356 e. The van der Waals surface area contributed by atoms with Gasteiger partial charge in [-0.3, -0.25) is 4.90 Å². The van der Waals surface area contributed by atoms with Gasteiger partial charge in [-0.05, 0) is 76.6 Å². The maximum atomic E-state index is 4.87. The fraction of sp³-hybridized carbons (Fsp3) is 0.737. The number of nitrogens with zero attached hydrogens (tertiary/aromatic N) is 3. The normalized spacial score (nSPS) is 24.0. The van der Waals surface area contributed by atoms with E-state index in [0.29, 0.717) is 12.1 Å². The van der Waals surface area contributed by atoms with E-state index >= 15 is 0 Å². The molecular weight excluding hydrogens is 270 g/mol. The van der Waals surface area contributed by atoms with E-state index in [4.69, 9.17) is 4.98 Å². The number of hydrogen-bond acceptors (Lipinski definition) is 3. The molecule has 2 saturated heterocycles. The van der Waals surface area contributed by atoms with E-state index in [1.165, 1.54) is 75.1 Å². The molecule has 0 bridgehead atoms. The number of hydrogen-bond donors (Lipinski definition) is 0. The molecule has 0 spiro atoms. The SMILES string of the molecule is Cc1cc([C@@H]2CCCCN2C(C)C)cnc1N1CCCCC1. The first kappa shape index (κ1) is 15.8. The molecule has 122 valence electrons. The average Bonchev–Trinajstić information content (AvgIpc) is 2.55. The molecule has 2 aliphatic heterocycles. The molecule has 1 aromatic rings. The zero-order valence-electron chi connectivity index (χ0n) is 14.5. The van der Waals surface area contributed by atoms with Gasteiger partial charge in [0.25, 0.3) is 0 Å². The summed E-state index contributed by atoms with van der Waals surface area (Å²) in [5, 5.41) is 0. The number of rotatable bonds is 3. The number of piperidine rings is 2. The summed E-state index contributed by atoms with van der Waals surface area (Å²) >= 11 is 0. The predicted octanol–water partition coefficient (Wildman–Crippen LogP) is 4.32. The van der Waals surface area contributed by atoms with Crippen LogP contribution in [0.15, 0.2) is 12.3 Å². The zero-order valence-corrected chi connectivity index (χ0v) is 14.5. The highest BCUT2D eigenvalue weighted by molar-refractivity contribution is 5.48. The number of aryl methyl sites for hydroxylation is 1. The van der Waals surface area contributed by atoms with Crippen molar-refractivity contribution < 1.29 is 0 Å². The van der Waals surface area contributed by atoms with Crippen molar-refractivity contribution in [2.24, 2.45) is 0 Å². The quantitative estimate of drug-likeness (QED) is 0.829. The van der Waals surface area contributed by atoms with Crippen LogP contribution in [-0.2, 0) is 0 Å². The van der Waals surface area contributed by atoms with Crippen LogP contribution in [0, 0.1) is 6.92 Å². The van der Waals surface area contributed by atoms with Crippen molar-refractivity contribution >= 4 is 5.82 Å². The van der Waals surface area contributed by atoms with Crippen LogP contribution in [0.4, 0.5) is 5.82 Å². The van der Waals surface area contributed by atoms with Crippen LogP contribution < -0.4 is 4.90 Å². The molecule has 2 aliphatic rings. The maximum absolute atomic E-state index is 4.87. The molecule has 2 fully saturated rings. The van der Waals surface area contributed by atoms with Crippen molar-refractivity contribution in [2.75, 3.05) is 24.5 Å². The summed E-state index contributed by atoms with van der Waals surface area (Å²) in [4.78, 5) is 10.00. The molecule has 3 heterocycles. The zero-order chi connectivity index (χ0) is 15.5. The molecule has 0 aromatic carbocycles. The highest BCUT2D eigenvalue weighted by atomic mass is 15.2. The Bertz CT molecular complexity index is 491. The van der Waals surface area contributed by atoms with Gasteiger partial charge in [-0.15, -0.1) is 0 Å². The topological polar surface area (TPSA) is 19.4 Å². The standard InChI is InChI=1S/C19H31N3/c1-15(2)22-12-8-5-9-18(22)17-13-16(3)19(20-14-17)21-10-6-4-7-11-21/h13-15,18H,4-12H2,1-3H3/t18-/m0/s1. The van der Waals surface area contributed by atoms with Crippen LogP contribution in [0.3, 0.4) is 0 Å². The van der Waals surface area contributed by atoms with Crippen LogP contribution in [0.2, 0.25) is 0 Å². The summed E-state index contributed by atoms with van der Waals surface area (Å²) in [5.74, 6) is 1.22. The lowest BCUT2D eigenvalue weighted by atomic mass is 9.94. The molecule has 0 unspecified atom stereocenters. The molecule has 3 heteroatoms. The van der Waals surface area contributed by atoms with Crippen molar-refractivity contribution in [3.05, 3.63) is 23.4 Å². The molecule has 1 aromatic heterocycles. The van der Waals surface area contributed by atoms with E-state index < -0.39 is 0 Å². The first-order valence-corrected chi connectivity index (χ1v) is 9.14. The van der Waals surface area contributed by atoms with Gasteiger partial charge in [0, 0.05) is 31.4 Å². The Morgan fingerprint density at radius 3 is 2.45 bits per heavy atom. The molecule has 3 nitrogen and oxygen atoms in total. The number of aromatic nitrogens is 1. The summed E-state index contributed by atoms with van der Waals surface area (Å²) in [6.45, 7) is 10.5. The van der Waals surface area contributed by atoms with Gasteiger partial charge < -0.3 is 4.90 Å². The lowest BCUT2D eigenvalue weighted by Crippen LogP contribution is -2.38. The molecule has 0 aliphatic carbocycles. The summed E-state index contributed by atoms with van der Waals surface area (Å²) in [6.07, 6.45) is 10.1. The summed E-state index contributed by atoms with van der Waals surface area (Å²) in [6, 6.07) is 3.59. The van der Waals surface area contributed by atoms with Gasteiger partial charge >= 0.3 is 0 Å². The van der Waals surface area contributed by atoms with E-state index in [9.17, 15) is 0 Å². The third-order valence-corrected chi connectivity index (χ3v) is 5.32. The summed E-state index contributed by atoms with van der Waals surface area (Å²) in [5.41, 5.74) is 2.78. The molecule has 0 N–H and O–H groups in total. The first-order chi connectivity index (χ1) is 10.7. The van der Waals surface area contributed by atoms with Gasteiger partial charge in [-0.25, -0.2) is 4.98 Å². The number of anilines is 1. The minimum absolute atomic E-state index is 0.565. The molecule has 3 rings (SSSR count). The molecule has 0 radical (unpaired) electrons. The summed E-state index contributed by atoms with van der Waals surface area (Å²) < 4.78 is 0. The van der Waals surface area contributed by atoms with Gasteiger partial charge in [0.05, 0.1) is 0 Å². The second-order valence-electron chi connectivity index (χ2n) is 7.30. The number of pyridine rings is 1. The van der Waals surface area contributed by atoms with Crippen LogP contribution in [0.5, 0.6) is 0 Å². The molecule has 0 amide bonds. The molecule has 1 atom stereocenters. The molecular formula is C19H31N3. The lowest BCUT2D eigenvalue weighted by molar-refractivity contribution is 0.112. The summed E-state index contributed by atoms with van der Waals surface area (Å²) in [7, 11) is 0. The van der Waals surface area contributed by atoms with Crippen molar-refractivity contribution in [2.45, 2.75) is 71.4 Å². The van der Waals surface area contributed by atoms with E-state index in [1.807, 2.05) is 0 Å². The van der Waals surface area contributed by atoms with Crippen LogP contribution >= 0.6 is 0 Å². The van der Waals surface area contributed by atoms with Gasteiger partial charge in [-0.2, -0.15) is 0 Å². The third-order valence-electron chi connectivity index (χ3n) is 5.32. The van der Waals surface area contributed by atoms with Crippen molar-refractivity contribution in [1.29, 1.82) is 0 Å². The minimum atomic E-state index is 0.565. The van der Waals surface area contributed by atoms with Gasteiger partial charge in [0.15, 0.2) is 0 Å². The third kappa shape index (κ3) is 3.29. The van der Waals surface area contributed by atoms with Crippen molar-refractivity contribution in [1.82, 2.24) is 9.88 Å². The van der Waals surface area contributed by atoms with Gasteiger partial charge in [-0.1, -0.05) is 6.42 Å². The van der Waals surface area contributed by atoms with E-state index in [2.05, 4.69) is 42.8 Å². The van der Waals surface area contributed by atoms with Gasteiger partial charge in [0.2, 0.25) is 0 Å². The van der Waals surface area contributed by atoms with E-state index in [1.54, 1.807) is 0 Å². The second kappa shape index (κ2) is 6.99. The van der Waals surface area contributed by atoms with Crippen LogP contribution in [0.1, 0.15) is 69.5 Å². The van der Waals surface area contributed by atoms with Crippen LogP contribution in [0.25, 0.3) is 0 Å². The Kier molecular flexibility index (Phi) is 5.02. The Labute approximate surface area is 135 Å². The van der Waals surface area contributed by atoms with Crippen molar-refractivity contribution in [3.8, 4) is 0 Å². The van der Waals surface area contributed by atoms with Crippen LogP contribution in [-0.4, -0.2) is 35.6 Å².